The Hall–Kier alpha value is -2.26. The molecule has 1 aromatic carbocycles. The molecule has 0 atom stereocenters. The van der Waals surface area contributed by atoms with Crippen molar-refractivity contribution in [2.24, 2.45) is 7.05 Å². The first-order valence-electron chi connectivity index (χ1n) is 8.88. The fourth-order valence-electron chi connectivity index (χ4n) is 3.43. The van der Waals surface area contributed by atoms with E-state index in [0.717, 1.165) is 42.5 Å². The van der Waals surface area contributed by atoms with Crippen molar-refractivity contribution in [3.8, 4) is 0 Å². The number of nitro groups is 1. The minimum Gasteiger partial charge on any atom is -0.369 e. The molecule has 0 radical (unpaired) electrons. The van der Waals surface area contributed by atoms with E-state index in [2.05, 4.69) is 9.80 Å². The number of nitrogens with zero attached hydrogens (tertiary/aromatic N) is 6. The summed E-state index contributed by atoms with van der Waals surface area (Å²) in [4.78, 5) is 15.1. The topological polar surface area (TPSA) is 72.4 Å². The molecule has 1 saturated heterocycles. The molecular formula is C17H22N6O2S. The summed E-state index contributed by atoms with van der Waals surface area (Å²) >= 11 is 5.53. The molecule has 1 aromatic heterocycles. The van der Waals surface area contributed by atoms with Crippen LogP contribution in [0.5, 0.6) is 0 Å². The van der Waals surface area contributed by atoms with Crippen LogP contribution in [0, 0.1) is 14.9 Å². The number of non-ortho nitro benzene ring substituents is 1. The molecule has 1 saturated carbocycles. The molecule has 138 valence electrons. The van der Waals surface area contributed by atoms with Crippen molar-refractivity contribution in [1.29, 1.82) is 0 Å². The van der Waals surface area contributed by atoms with E-state index in [0.29, 0.717) is 12.6 Å². The third-order valence-corrected chi connectivity index (χ3v) is 5.61. The second-order valence-corrected chi connectivity index (χ2v) is 7.36. The van der Waals surface area contributed by atoms with Crippen LogP contribution in [0.1, 0.15) is 24.6 Å². The SMILES string of the molecule is Cn1c(C2CC2)nn(CN2CCN(c3cccc([N+](=O)[O-])c3)CC2)c1=S. The maximum atomic E-state index is 11.0. The molecule has 2 aliphatic rings. The van der Waals surface area contributed by atoms with Crippen LogP contribution in [0.25, 0.3) is 0 Å². The largest absolute Gasteiger partial charge is 0.369 e. The van der Waals surface area contributed by atoms with E-state index in [1.54, 1.807) is 12.1 Å². The summed E-state index contributed by atoms with van der Waals surface area (Å²) in [6, 6.07) is 6.85. The lowest BCUT2D eigenvalue weighted by molar-refractivity contribution is -0.384. The van der Waals surface area contributed by atoms with E-state index in [-0.39, 0.29) is 10.6 Å². The van der Waals surface area contributed by atoms with Crippen LogP contribution < -0.4 is 4.90 Å². The van der Waals surface area contributed by atoms with Gasteiger partial charge in [-0.25, -0.2) is 4.68 Å². The normalized spacial score (nSPS) is 18.3. The van der Waals surface area contributed by atoms with Crippen LogP contribution in [0.3, 0.4) is 0 Å². The molecule has 0 amide bonds. The maximum Gasteiger partial charge on any atom is 0.271 e. The fourth-order valence-corrected chi connectivity index (χ4v) is 3.63. The Balaban J connectivity index is 1.40. The van der Waals surface area contributed by atoms with Gasteiger partial charge in [-0.1, -0.05) is 6.07 Å². The van der Waals surface area contributed by atoms with E-state index < -0.39 is 0 Å². The van der Waals surface area contributed by atoms with Crippen LogP contribution >= 0.6 is 12.2 Å². The predicted molar refractivity (Wildman–Crippen MR) is 101 cm³/mol. The molecule has 0 bridgehead atoms. The Morgan fingerprint density at radius 1 is 1.27 bits per heavy atom. The lowest BCUT2D eigenvalue weighted by Gasteiger charge is -2.35. The lowest BCUT2D eigenvalue weighted by Crippen LogP contribution is -2.47. The zero-order valence-corrected chi connectivity index (χ0v) is 15.6. The Labute approximate surface area is 156 Å². The molecule has 2 aromatic rings. The molecule has 26 heavy (non-hydrogen) atoms. The summed E-state index contributed by atoms with van der Waals surface area (Å²) in [5.41, 5.74) is 1.04. The fraction of sp³-hybridized carbons (Fsp3) is 0.529. The Morgan fingerprint density at radius 3 is 2.65 bits per heavy atom. The van der Waals surface area contributed by atoms with Crippen molar-refractivity contribution >= 4 is 23.6 Å². The number of piperazine rings is 1. The smallest absolute Gasteiger partial charge is 0.271 e. The van der Waals surface area contributed by atoms with E-state index in [1.807, 2.05) is 22.4 Å². The number of aromatic nitrogens is 3. The van der Waals surface area contributed by atoms with Crippen LogP contribution in [-0.4, -0.2) is 50.3 Å². The molecule has 0 unspecified atom stereocenters. The highest BCUT2D eigenvalue weighted by Crippen LogP contribution is 2.38. The second-order valence-electron chi connectivity index (χ2n) is 7.00. The first-order valence-corrected chi connectivity index (χ1v) is 9.29. The van der Waals surface area contributed by atoms with Gasteiger partial charge in [0.25, 0.3) is 5.69 Å². The molecular weight excluding hydrogens is 352 g/mol. The molecule has 0 spiro atoms. The van der Waals surface area contributed by atoms with Gasteiger partial charge in [-0.05, 0) is 31.1 Å². The zero-order chi connectivity index (χ0) is 18.3. The van der Waals surface area contributed by atoms with Crippen LogP contribution in [-0.2, 0) is 13.7 Å². The summed E-state index contributed by atoms with van der Waals surface area (Å²) in [5, 5.41) is 15.7. The van der Waals surface area contributed by atoms with Gasteiger partial charge in [-0.15, -0.1) is 0 Å². The third-order valence-electron chi connectivity index (χ3n) is 5.13. The van der Waals surface area contributed by atoms with Crippen molar-refractivity contribution in [3.05, 3.63) is 45.0 Å². The highest BCUT2D eigenvalue weighted by Gasteiger charge is 2.29. The summed E-state index contributed by atoms with van der Waals surface area (Å²) in [5.74, 6) is 1.68. The minimum atomic E-state index is -0.347. The standard InChI is InChI=1S/C17H22N6O2S/c1-19-16(13-5-6-13)18-22(17(19)26)12-20-7-9-21(10-8-20)14-3-2-4-15(11-14)23(24)25/h2-4,11,13H,5-10,12H2,1H3. The molecule has 1 aliphatic heterocycles. The zero-order valence-electron chi connectivity index (χ0n) is 14.7. The Bertz CT molecular complexity index is 880. The van der Waals surface area contributed by atoms with Crippen LogP contribution in [0.2, 0.25) is 0 Å². The first-order chi connectivity index (χ1) is 12.5. The van der Waals surface area contributed by atoms with Gasteiger partial charge in [0.05, 0.1) is 11.6 Å². The summed E-state index contributed by atoms with van der Waals surface area (Å²) in [7, 11) is 2.00. The van der Waals surface area contributed by atoms with Crippen LogP contribution in [0.15, 0.2) is 24.3 Å². The highest BCUT2D eigenvalue weighted by atomic mass is 32.1. The average Bonchev–Trinajstić information content (AvgIpc) is 3.45. The van der Waals surface area contributed by atoms with Crippen molar-refractivity contribution in [3.63, 3.8) is 0 Å². The van der Waals surface area contributed by atoms with E-state index >= 15 is 0 Å². The van der Waals surface area contributed by atoms with Gasteiger partial charge in [0.15, 0.2) is 4.77 Å². The van der Waals surface area contributed by atoms with Gasteiger partial charge in [0.1, 0.15) is 5.82 Å². The van der Waals surface area contributed by atoms with Gasteiger partial charge < -0.3 is 9.47 Å². The number of hydrogen-bond acceptors (Lipinski definition) is 6. The molecule has 9 heteroatoms. The Kier molecular flexibility index (Phi) is 4.49. The molecule has 2 fully saturated rings. The van der Waals surface area contributed by atoms with Crippen molar-refractivity contribution in [2.45, 2.75) is 25.4 Å². The van der Waals surface area contributed by atoms with Gasteiger partial charge in [0.2, 0.25) is 0 Å². The summed E-state index contributed by atoms with van der Waals surface area (Å²) in [6.45, 7) is 4.11. The number of hydrogen-bond donors (Lipinski definition) is 0. The third kappa shape index (κ3) is 3.36. The maximum absolute atomic E-state index is 11.0. The van der Waals surface area contributed by atoms with E-state index in [9.17, 15) is 10.1 Å². The van der Waals surface area contributed by atoms with Gasteiger partial charge in [-0.2, -0.15) is 5.10 Å². The predicted octanol–water partition coefficient (Wildman–Crippen LogP) is 2.52. The van der Waals surface area contributed by atoms with Gasteiger partial charge in [-0.3, -0.25) is 15.0 Å². The first kappa shape index (κ1) is 17.2. The van der Waals surface area contributed by atoms with Gasteiger partial charge >= 0.3 is 0 Å². The monoisotopic (exact) mass is 374 g/mol. The summed E-state index contributed by atoms with van der Waals surface area (Å²) < 4.78 is 4.73. The molecule has 4 rings (SSSR count). The Morgan fingerprint density at radius 2 is 2.00 bits per heavy atom. The lowest BCUT2D eigenvalue weighted by atomic mass is 10.2. The molecule has 2 heterocycles. The molecule has 1 aliphatic carbocycles. The number of anilines is 1. The molecule has 0 N–H and O–H groups in total. The summed E-state index contributed by atoms with van der Waals surface area (Å²) in [6.07, 6.45) is 2.42. The molecule has 8 nitrogen and oxygen atoms in total. The van der Waals surface area contributed by atoms with Crippen molar-refractivity contribution < 1.29 is 4.92 Å². The number of rotatable bonds is 5. The van der Waals surface area contributed by atoms with Crippen molar-refractivity contribution in [2.75, 3.05) is 31.1 Å². The van der Waals surface area contributed by atoms with E-state index in [4.69, 9.17) is 17.3 Å². The number of nitro benzene ring substituents is 1. The average molecular weight is 374 g/mol. The minimum absolute atomic E-state index is 0.136. The van der Waals surface area contributed by atoms with Crippen molar-refractivity contribution in [1.82, 2.24) is 19.2 Å². The van der Waals surface area contributed by atoms with E-state index in [1.165, 1.54) is 18.9 Å². The quantitative estimate of drug-likeness (QED) is 0.455. The second kappa shape index (κ2) is 6.81. The number of benzene rings is 1. The van der Waals surface area contributed by atoms with Gasteiger partial charge in [0, 0.05) is 57.0 Å². The van der Waals surface area contributed by atoms with Crippen LogP contribution in [0.4, 0.5) is 11.4 Å². The highest BCUT2D eigenvalue weighted by molar-refractivity contribution is 7.71.